The first kappa shape index (κ1) is 15.7. The Bertz CT molecular complexity index is 943. The average Bonchev–Trinajstić information content (AvgIpc) is 3.28. The number of hydrogen-bond acceptors (Lipinski definition) is 5. The monoisotopic (exact) mass is 369 g/mol. The Morgan fingerprint density at radius 1 is 1.23 bits per heavy atom. The van der Waals surface area contributed by atoms with Gasteiger partial charge in [0.15, 0.2) is 16.5 Å². The van der Waals surface area contributed by atoms with Crippen molar-refractivity contribution in [1.29, 1.82) is 0 Å². The number of ether oxygens (including phenoxy) is 2. The molecule has 1 saturated carbocycles. The molecule has 1 fully saturated rings. The Balaban J connectivity index is 1.27. The van der Waals surface area contributed by atoms with E-state index in [1.807, 2.05) is 40.4 Å². The fraction of sp³-hybridized carbons (Fsp3) is 0.368. The molecule has 1 N–H and O–H groups in total. The molecule has 134 valence electrons. The van der Waals surface area contributed by atoms with E-state index in [0.717, 1.165) is 42.1 Å². The number of rotatable bonds is 3. The summed E-state index contributed by atoms with van der Waals surface area (Å²) in [6, 6.07) is 5.58. The van der Waals surface area contributed by atoms with Crippen molar-refractivity contribution in [1.82, 2.24) is 9.38 Å². The third-order valence-electron chi connectivity index (χ3n) is 4.92. The first-order valence-electron chi connectivity index (χ1n) is 8.92. The lowest BCUT2D eigenvalue weighted by Crippen LogP contribution is -2.40. The highest BCUT2D eigenvalue weighted by molar-refractivity contribution is 7.15. The quantitative estimate of drug-likeness (QED) is 0.758. The molecule has 1 amide bonds. The van der Waals surface area contributed by atoms with Crippen LogP contribution in [-0.4, -0.2) is 21.1 Å². The highest BCUT2D eigenvalue weighted by atomic mass is 32.1. The van der Waals surface area contributed by atoms with E-state index in [4.69, 9.17) is 9.47 Å². The predicted octanol–water partition coefficient (Wildman–Crippen LogP) is 4.01. The van der Waals surface area contributed by atoms with Gasteiger partial charge in [0.25, 0.3) is 5.79 Å². The van der Waals surface area contributed by atoms with Gasteiger partial charge in [-0.3, -0.25) is 9.20 Å². The fourth-order valence-electron chi connectivity index (χ4n) is 3.70. The molecule has 1 aromatic carbocycles. The second-order valence-corrected chi connectivity index (χ2v) is 7.76. The van der Waals surface area contributed by atoms with E-state index < -0.39 is 5.79 Å². The summed E-state index contributed by atoms with van der Waals surface area (Å²) in [5.41, 5.74) is 1.47. The number of anilines is 1. The molecule has 7 heteroatoms. The van der Waals surface area contributed by atoms with Crippen LogP contribution in [0.4, 0.5) is 5.69 Å². The third-order valence-corrected chi connectivity index (χ3v) is 5.69. The molecule has 0 radical (unpaired) electrons. The maximum absolute atomic E-state index is 12.3. The summed E-state index contributed by atoms with van der Waals surface area (Å²) in [4.78, 5) is 17.7. The van der Waals surface area contributed by atoms with Crippen molar-refractivity contribution in [2.45, 2.75) is 44.3 Å². The summed E-state index contributed by atoms with van der Waals surface area (Å²) >= 11 is 1.55. The smallest absolute Gasteiger partial charge is 0.251 e. The predicted molar refractivity (Wildman–Crippen MR) is 98.9 cm³/mol. The van der Waals surface area contributed by atoms with Gasteiger partial charge in [0.2, 0.25) is 5.91 Å². The van der Waals surface area contributed by atoms with Gasteiger partial charge in [-0.1, -0.05) is 6.42 Å². The molecule has 1 aliphatic heterocycles. The number of thiazole rings is 1. The molecule has 1 aliphatic carbocycles. The van der Waals surface area contributed by atoms with Crippen LogP contribution in [0, 0.1) is 0 Å². The van der Waals surface area contributed by atoms with Crippen LogP contribution in [0.5, 0.6) is 11.5 Å². The van der Waals surface area contributed by atoms with Crippen LogP contribution in [0.2, 0.25) is 0 Å². The van der Waals surface area contributed by atoms with E-state index >= 15 is 0 Å². The van der Waals surface area contributed by atoms with Crippen molar-refractivity contribution < 1.29 is 14.3 Å². The highest BCUT2D eigenvalue weighted by Gasteiger charge is 2.42. The molecule has 2 aliphatic rings. The van der Waals surface area contributed by atoms with Gasteiger partial charge >= 0.3 is 0 Å². The number of carbonyl (C=O) groups excluding carboxylic acids is 1. The van der Waals surface area contributed by atoms with E-state index in [1.165, 1.54) is 6.42 Å². The topological polar surface area (TPSA) is 64.9 Å². The number of nitrogens with one attached hydrogen (secondary N) is 1. The fourth-order valence-corrected chi connectivity index (χ4v) is 4.42. The maximum Gasteiger partial charge on any atom is 0.251 e. The van der Waals surface area contributed by atoms with Crippen molar-refractivity contribution in [3.63, 3.8) is 0 Å². The van der Waals surface area contributed by atoms with Crippen LogP contribution in [0.25, 0.3) is 4.96 Å². The number of fused-ring (bicyclic) bond motifs is 2. The van der Waals surface area contributed by atoms with Gasteiger partial charge < -0.3 is 14.8 Å². The summed E-state index contributed by atoms with van der Waals surface area (Å²) in [6.45, 7) is 0. The number of benzene rings is 1. The molecule has 6 nitrogen and oxygen atoms in total. The minimum absolute atomic E-state index is 0.0954. The Kier molecular flexibility index (Phi) is 3.63. The van der Waals surface area contributed by atoms with Crippen molar-refractivity contribution in [2.24, 2.45) is 0 Å². The van der Waals surface area contributed by atoms with Crippen LogP contribution in [0.3, 0.4) is 0 Å². The molecule has 0 saturated heterocycles. The van der Waals surface area contributed by atoms with Gasteiger partial charge in [-0.2, -0.15) is 0 Å². The Hall–Kier alpha value is -2.54. The first-order chi connectivity index (χ1) is 12.7. The van der Waals surface area contributed by atoms with Crippen LogP contribution < -0.4 is 14.8 Å². The van der Waals surface area contributed by atoms with Crippen molar-refractivity contribution in [3.05, 3.63) is 41.7 Å². The van der Waals surface area contributed by atoms with Crippen LogP contribution in [0.1, 0.15) is 37.8 Å². The Labute approximate surface area is 154 Å². The Morgan fingerprint density at radius 2 is 2.08 bits per heavy atom. The molecular weight excluding hydrogens is 350 g/mol. The number of hydrogen-bond donors (Lipinski definition) is 1. The van der Waals surface area contributed by atoms with E-state index in [2.05, 4.69) is 10.3 Å². The summed E-state index contributed by atoms with van der Waals surface area (Å²) in [6.07, 6.45) is 9.39. The summed E-state index contributed by atoms with van der Waals surface area (Å²) in [5.74, 6) is 0.888. The summed E-state index contributed by atoms with van der Waals surface area (Å²) in [5, 5.41) is 4.90. The zero-order valence-corrected chi connectivity index (χ0v) is 15.1. The lowest BCUT2D eigenvalue weighted by atomic mass is 9.94. The Morgan fingerprint density at radius 3 is 2.92 bits per heavy atom. The van der Waals surface area contributed by atoms with Crippen LogP contribution in [-0.2, 0) is 11.2 Å². The van der Waals surface area contributed by atoms with Crippen LogP contribution >= 0.6 is 11.3 Å². The van der Waals surface area contributed by atoms with Gasteiger partial charge in [0, 0.05) is 42.4 Å². The molecule has 5 rings (SSSR count). The molecule has 26 heavy (non-hydrogen) atoms. The van der Waals surface area contributed by atoms with Gasteiger partial charge in [0.1, 0.15) is 0 Å². The maximum atomic E-state index is 12.3. The normalized spacial score (nSPS) is 17.7. The second kappa shape index (κ2) is 6.02. The first-order valence-corrected chi connectivity index (χ1v) is 9.80. The number of imidazole rings is 1. The molecular formula is C19H19N3O3S. The molecule has 3 aromatic rings. The number of aromatic nitrogens is 2. The van der Waals surface area contributed by atoms with Crippen molar-refractivity contribution in [2.75, 3.05) is 5.32 Å². The van der Waals surface area contributed by atoms with E-state index in [9.17, 15) is 4.79 Å². The molecule has 1 spiro atoms. The van der Waals surface area contributed by atoms with E-state index in [1.54, 1.807) is 11.3 Å². The molecule has 0 atom stereocenters. The van der Waals surface area contributed by atoms with E-state index in [-0.39, 0.29) is 12.3 Å². The lowest BCUT2D eigenvalue weighted by molar-refractivity contribution is -0.115. The molecule has 0 bridgehead atoms. The minimum Gasteiger partial charge on any atom is -0.448 e. The number of carbonyl (C=O) groups is 1. The van der Waals surface area contributed by atoms with E-state index in [0.29, 0.717) is 11.4 Å². The van der Waals surface area contributed by atoms with Crippen molar-refractivity contribution >= 4 is 27.9 Å². The number of nitrogens with zero attached hydrogens (tertiary/aromatic N) is 2. The van der Waals surface area contributed by atoms with Crippen LogP contribution in [0.15, 0.2) is 36.0 Å². The van der Waals surface area contributed by atoms with Gasteiger partial charge in [-0.25, -0.2) is 4.98 Å². The molecule has 3 heterocycles. The highest BCUT2D eigenvalue weighted by Crippen LogP contribution is 2.46. The van der Waals surface area contributed by atoms with Gasteiger partial charge in [0.05, 0.1) is 12.1 Å². The van der Waals surface area contributed by atoms with Gasteiger partial charge in [-0.05, 0) is 25.0 Å². The largest absolute Gasteiger partial charge is 0.448 e. The standard InChI is InChI=1S/C19H19N3O3S/c23-17(11-14-12-22-8-9-26-18(22)21-14)20-13-4-5-15-16(10-13)25-19(24-15)6-2-1-3-7-19/h4-5,8-10,12H,1-3,6-7,11H2,(H,20,23). The molecule has 0 unspecified atom stereocenters. The van der Waals surface area contributed by atoms with Gasteiger partial charge in [-0.15, -0.1) is 11.3 Å². The SMILES string of the molecule is O=C(Cc1cn2ccsc2n1)Nc1ccc2c(c1)OC1(CCCCC1)O2. The summed E-state index contributed by atoms with van der Waals surface area (Å²) in [7, 11) is 0. The zero-order valence-electron chi connectivity index (χ0n) is 14.2. The average molecular weight is 369 g/mol. The lowest BCUT2D eigenvalue weighted by Gasteiger charge is -2.31. The summed E-state index contributed by atoms with van der Waals surface area (Å²) < 4.78 is 14.1. The van der Waals surface area contributed by atoms with Crippen molar-refractivity contribution in [3.8, 4) is 11.5 Å². The minimum atomic E-state index is -0.495. The number of amides is 1. The third kappa shape index (κ3) is 2.82. The molecule has 2 aromatic heterocycles. The second-order valence-electron chi connectivity index (χ2n) is 6.89. The zero-order chi connectivity index (χ0) is 17.6.